The van der Waals surface area contributed by atoms with Gasteiger partial charge in [0.2, 0.25) is 0 Å². The molecular formula is C14H31N. The van der Waals surface area contributed by atoms with Gasteiger partial charge in [0.15, 0.2) is 0 Å². The Morgan fingerprint density at radius 2 is 1.60 bits per heavy atom. The van der Waals surface area contributed by atoms with Crippen LogP contribution in [0.2, 0.25) is 0 Å². The maximum atomic E-state index is 2.48. The molecule has 0 aromatic carbocycles. The van der Waals surface area contributed by atoms with Gasteiger partial charge < -0.3 is 4.90 Å². The third-order valence-corrected chi connectivity index (χ3v) is 3.00. The van der Waals surface area contributed by atoms with Gasteiger partial charge in [-0.25, -0.2) is 0 Å². The Kier molecular flexibility index (Phi) is 9.18. The molecule has 0 rings (SSSR count). The van der Waals surface area contributed by atoms with Gasteiger partial charge in [0, 0.05) is 0 Å². The first-order valence-corrected chi connectivity index (χ1v) is 6.74. The summed E-state index contributed by atoms with van der Waals surface area (Å²) in [5.74, 6) is 1.77. The average Bonchev–Trinajstić information content (AvgIpc) is 2.13. The lowest BCUT2D eigenvalue weighted by atomic mass is 9.95. The van der Waals surface area contributed by atoms with Crippen molar-refractivity contribution in [1.29, 1.82) is 0 Å². The normalized spacial score (nSPS) is 13.8. The summed E-state index contributed by atoms with van der Waals surface area (Å²) in [6.07, 6.45) is 6.81. The van der Waals surface area contributed by atoms with Crippen LogP contribution in [0.25, 0.3) is 0 Å². The minimum absolute atomic E-state index is 0.859. The molecule has 0 spiro atoms. The summed E-state index contributed by atoms with van der Waals surface area (Å²) in [7, 11) is 2.25. The van der Waals surface area contributed by atoms with Crippen LogP contribution in [0, 0.1) is 11.8 Å². The van der Waals surface area contributed by atoms with Gasteiger partial charge in [-0.15, -0.1) is 0 Å². The van der Waals surface area contributed by atoms with E-state index >= 15 is 0 Å². The molecule has 0 saturated carbocycles. The quantitative estimate of drug-likeness (QED) is 0.555. The molecule has 1 nitrogen and oxygen atoms in total. The fraction of sp³-hybridized carbons (Fsp3) is 1.00. The molecule has 92 valence electrons. The molecule has 0 unspecified atom stereocenters. The van der Waals surface area contributed by atoms with Crippen molar-refractivity contribution in [3.63, 3.8) is 0 Å². The molecule has 0 heterocycles. The Morgan fingerprint density at radius 3 is 2.13 bits per heavy atom. The van der Waals surface area contributed by atoms with Crippen LogP contribution in [0.3, 0.4) is 0 Å². The van der Waals surface area contributed by atoms with Gasteiger partial charge in [-0.3, -0.25) is 0 Å². The number of hydrogen-bond acceptors (Lipinski definition) is 1. The third kappa shape index (κ3) is 10.2. The first-order valence-electron chi connectivity index (χ1n) is 6.74. The maximum Gasteiger partial charge on any atom is -0.00217 e. The molecule has 15 heavy (non-hydrogen) atoms. The predicted octanol–water partition coefficient (Wildman–Crippen LogP) is 4.18. The number of nitrogens with zero attached hydrogens (tertiary/aromatic N) is 1. The second-order valence-corrected chi connectivity index (χ2v) is 5.53. The van der Waals surface area contributed by atoms with Crippen LogP contribution in [0.5, 0.6) is 0 Å². The second-order valence-electron chi connectivity index (χ2n) is 5.53. The Labute approximate surface area is 97.2 Å². The van der Waals surface area contributed by atoms with E-state index < -0.39 is 0 Å². The first-order chi connectivity index (χ1) is 7.06. The lowest BCUT2D eigenvalue weighted by molar-refractivity contribution is 0.302. The zero-order valence-electron chi connectivity index (χ0n) is 11.6. The third-order valence-electron chi connectivity index (χ3n) is 3.00. The lowest BCUT2D eigenvalue weighted by Gasteiger charge is -2.18. The SMILES string of the molecule is CCCCN(C)CCC[C@H](C)CC(C)C. The molecule has 0 bridgehead atoms. The van der Waals surface area contributed by atoms with Crippen molar-refractivity contribution >= 4 is 0 Å². The second kappa shape index (κ2) is 9.21. The molecule has 0 aliphatic carbocycles. The molecule has 0 aliphatic heterocycles. The minimum atomic E-state index is 0.859. The van der Waals surface area contributed by atoms with Gasteiger partial charge in [-0.1, -0.05) is 34.1 Å². The maximum absolute atomic E-state index is 2.48. The van der Waals surface area contributed by atoms with Crippen molar-refractivity contribution in [3.8, 4) is 0 Å². The van der Waals surface area contributed by atoms with Crippen LogP contribution in [0.1, 0.15) is 59.8 Å². The zero-order chi connectivity index (χ0) is 11.7. The van der Waals surface area contributed by atoms with E-state index in [0.717, 1.165) is 11.8 Å². The van der Waals surface area contributed by atoms with Crippen LogP contribution in [0.4, 0.5) is 0 Å². The molecule has 0 aromatic heterocycles. The van der Waals surface area contributed by atoms with E-state index in [2.05, 4.69) is 39.6 Å². The van der Waals surface area contributed by atoms with Gasteiger partial charge in [0.05, 0.1) is 0 Å². The summed E-state index contributed by atoms with van der Waals surface area (Å²) in [5, 5.41) is 0. The molecule has 0 radical (unpaired) electrons. The Hall–Kier alpha value is -0.0400. The number of rotatable bonds is 9. The van der Waals surface area contributed by atoms with Crippen molar-refractivity contribution in [3.05, 3.63) is 0 Å². The van der Waals surface area contributed by atoms with E-state index in [1.54, 1.807) is 0 Å². The summed E-state index contributed by atoms with van der Waals surface area (Å²) in [6, 6.07) is 0. The molecule has 0 amide bonds. The fourth-order valence-corrected chi connectivity index (χ4v) is 2.17. The van der Waals surface area contributed by atoms with E-state index in [9.17, 15) is 0 Å². The highest BCUT2D eigenvalue weighted by molar-refractivity contribution is 4.59. The molecule has 0 aromatic rings. The molecule has 0 N–H and O–H groups in total. The summed E-state index contributed by atoms with van der Waals surface area (Å²) < 4.78 is 0. The molecule has 1 heteroatoms. The van der Waals surface area contributed by atoms with Crippen molar-refractivity contribution in [1.82, 2.24) is 4.90 Å². The van der Waals surface area contributed by atoms with Gasteiger partial charge in [-0.05, 0) is 57.7 Å². The highest BCUT2D eigenvalue weighted by Crippen LogP contribution is 2.16. The van der Waals surface area contributed by atoms with Gasteiger partial charge >= 0.3 is 0 Å². The Morgan fingerprint density at radius 1 is 1.00 bits per heavy atom. The topological polar surface area (TPSA) is 3.24 Å². The van der Waals surface area contributed by atoms with E-state index in [-0.39, 0.29) is 0 Å². The monoisotopic (exact) mass is 213 g/mol. The van der Waals surface area contributed by atoms with Crippen molar-refractivity contribution in [2.75, 3.05) is 20.1 Å². The predicted molar refractivity (Wildman–Crippen MR) is 70.3 cm³/mol. The lowest BCUT2D eigenvalue weighted by Crippen LogP contribution is -2.21. The largest absolute Gasteiger partial charge is 0.306 e. The summed E-state index contributed by atoms with van der Waals surface area (Å²) >= 11 is 0. The standard InChI is InChI=1S/C14H31N/c1-6-7-10-15(5)11-8-9-14(4)12-13(2)3/h13-14H,6-12H2,1-5H3/t14-/m0/s1. The summed E-state index contributed by atoms with van der Waals surface area (Å²) in [4.78, 5) is 2.48. The van der Waals surface area contributed by atoms with Crippen LogP contribution >= 0.6 is 0 Å². The van der Waals surface area contributed by atoms with E-state index in [0.29, 0.717) is 0 Å². The smallest absolute Gasteiger partial charge is 0.00217 e. The first kappa shape index (κ1) is 15.0. The highest BCUT2D eigenvalue weighted by atomic mass is 15.1. The Bertz CT molecular complexity index is 131. The molecular weight excluding hydrogens is 182 g/mol. The van der Waals surface area contributed by atoms with Crippen molar-refractivity contribution in [2.45, 2.75) is 59.8 Å². The van der Waals surface area contributed by atoms with E-state index in [1.807, 2.05) is 0 Å². The molecule has 1 atom stereocenters. The highest BCUT2D eigenvalue weighted by Gasteiger charge is 2.05. The fourth-order valence-electron chi connectivity index (χ4n) is 2.17. The van der Waals surface area contributed by atoms with Crippen LogP contribution in [0.15, 0.2) is 0 Å². The Balaban J connectivity index is 3.35. The van der Waals surface area contributed by atoms with Crippen LogP contribution in [-0.2, 0) is 0 Å². The van der Waals surface area contributed by atoms with Crippen LogP contribution in [-0.4, -0.2) is 25.0 Å². The van der Waals surface area contributed by atoms with Gasteiger partial charge in [0.25, 0.3) is 0 Å². The number of unbranched alkanes of at least 4 members (excludes halogenated alkanes) is 1. The van der Waals surface area contributed by atoms with Crippen molar-refractivity contribution in [2.24, 2.45) is 11.8 Å². The summed E-state index contributed by atoms with van der Waals surface area (Å²) in [5.41, 5.74) is 0. The van der Waals surface area contributed by atoms with E-state index in [4.69, 9.17) is 0 Å². The minimum Gasteiger partial charge on any atom is -0.306 e. The van der Waals surface area contributed by atoms with Crippen molar-refractivity contribution < 1.29 is 0 Å². The molecule has 0 saturated heterocycles. The van der Waals surface area contributed by atoms with Gasteiger partial charge in [0.1, 0.15) is 0 Å². The van der Waals surface area contributed by atoms with Crippen LogP contribution < -0.4 is 0 Å². The number of hydrogen-bond donors (Lipinski definition) is 0. The molecule has 0 aliphatic rings. The zero-order valence-corrected chi connectivity index (χ0v) is 11.6. The van der Waals surface area contributed by atoms with E-state index in [1.165, 1.54) is 45.2 Å². The molecule has 0 fully saturated rings. The summed E-state index contributed by atoms with van der Waals surface area (Å²) in [6.45, 7) is 11.9. The average molecular weight is 213 g/mol. The van der Waals surface area contributed by atoms with Gasteiger partial charge in [-0.2, -0.15) is 0 Å².